The Kier molecular flexibility index (Phi) is 6.68. The Bertz CT molecular complexity index is 1040. The van der Waals surface area contributed by atoms with Gasteiger partial charge in [-0.25, -0.2) is 4.79 Å². The van der Waals surface area contributed by atoms with Gasteiger partial charge in [0.1, 0.15) is 5.00 Å². The molecule has 0 atom stereocenters. The van der Waals surface area contributed by atoms with Crippen LogP contribution in [0.1, 0.15) is 28.2 Å². The number of primary amides is 1. The first-order valence-corrected chi connectivity index (χ1v) is 10.3. The average molecular weight is 426 g/mol. The maximum atomic E-state index is 12.7. The number of esters is 1. The molecular formula is C22H23N3O4S. The number of carbonyl (C=O) groups excluding carboxylic acids is 3. The molecule has 0 aliphatic carbocycles. The number of rotatable bonds is 8. The molecule has 2 heterocycles. The minimum atomic E-state index is -0.574. The summed E-state index contributed by atoms with van der Waals surface area (Å²) in [5, 5.41) is 2.57. The Morgan fingerprint density at radius 1 is 1.03 bits per heavy atom. The molecule has 7 nitrogen and oxygen atoms in total. The molecule has 0 unspecified atom stereocenters. The second-order valence-electron chi connectivity index (χ2n) is 6.76. The number of hydrogen-bond donors (Lipinski definition) is 1. The van der Waals surface area contributed by atoms with Gasteiger partial charge in [0, 0.05) is 30.0 Å². The number of benzene rings is 1. The standard InChI is InChI=1S/C22H23N3O4S/c1-15-8-9-16(2)25(15)21-18(11-13-30-21)22(28)29-14-20(27)24(12-10-19(23)26)17-6-4-3-5-7-17/h3-9,11,13H,10,12,14H2,1-2H3,(H2,23,26). The van der Waals surface area contributed by atoms with Crippen LogP contribution in [-0.2, 0) is 14.3 Å². The highest BCUT2D eigenvalue weighted by atomic mass is 32.1. The van der Waals surface area contributed by atoms with Gasteiger partial charge in [-0.2, -0.15) is 0 Å². The summed E-state index contributed by atoms with van der Waals surface area (Å²) < 4.78 is 7.30. The van der Waals surface area contributed by atoms with Crippen molar-refractivity contribution in [2.45, 2.75) is 20.3 Å². The first-order chi connectivity index (χ1) is 14.4. The maximum Gasteiger partial charge on any atom is 0.341 e. The largest absolute Gasteiger partial charge is 0.452 e. The van der Waals surface area contributed by atoms with E-state index in [0.717, 1.165) is 16.4 Å². The number of aryl methyl sites for hydroxylation is 2. The number of carbonyl (C=O) groups is 3. The summed E-state index contributed by atoms with van der Waals surface area (Å²) in [6, 6.07) is 14.5. The van der Waals surface area contributed by atoms with Crippen molar-refractivity contribution in [2.75, 3.05) is 18.1 Å². The number of thiophene rings is 1. The summed E-state index contributed by atoms with van der Waals surface area (Å²) in [4.78, 5) is 38.0. The predicted molar refractivity (Wildman–Crippen MR) is 116 cm³/mol. The van der Waals surface area contributed by atoms with Crippen LogP contribution in [0.5, 0.6) is 0 Å². The summed E-state index contributed by atoms with van der Waals surface area (Å²) in [6.07, 6.45) is 0.00937. The van der Waals surface area contributed by atoms with Crippen LogP contribution in [0.2, 0.25) is 0 Å². The third-order valence-electron chi connectivity index (χ3n) is 4.62. The first-order valence-electron chi connectivity index (χ1n) is 9.42. The van der Waals surface area contributed by atoms with E-state index in [1.165, 1.54) is 16.2 Å². The average Bonchev–Trinajstić information content (AvgIpc) is 3.33. The maximum absolute atomic E-state index is 12.7. The zero-order valence-corrected chi connectivity index (χ0v) is 17.6. The number of ether oxygens (including phenoxy) is 1. The summed E-state index contributed by atoms with van der Waals surface area (Å²) in [5.41, 5.74) is 8.24. The number of hydrogen-bond acceptors (Lipinski definition) is 5. The number of aromatic nitrogens is 1. The summed E-state index contributed by atoms with van der Waals surface area (Å²) in [5.74, 6) is -1.52. The lowest BCUT2D eigenvalue weighted by molar-refractivity contribution is -0.121. The van der Waals surface area contributed by atoms with Crippen molar-refractivity contribution in [1.82, 2.24) is 4.57 Å². The summed E-state index contributed by atoms with van der Waals surface area (Å²) in [6.45, 7) is 3.59. The van der Waals surface area contributed by atoms with Gasteiger partial charge in [0.15, 0.2) is 6.61 Å². The number of amides is 2. The molecule has 1 aromatic carbocycles. The van der Waals surface area contributed by atoms with E-state index in [2.05, 4.69) is 0 Å². The van der Waals surface area contributed by atoms with Gasteiger partial charge in [-0.15, -0.1) is 11.3 Å². The topological polar surface area (TPSA) is 94.6 Å². The van der Waals surface area contributed by atoms with Crippen LogP contribution < -0.4 is 10.6 Å². The SMILES string of the molecule is Cc1ccc(C)n1-c1sccc1C(=O)OCC(=O)N(CCC(N)=O)c1ccccc1. The second-order valence-corrected chi connectivity index (χ2v) is 7.66. The van der Waals surface area contributed by atoms with E-state index >= 15 is 0 Å². The summed E-state index contributed by atoms with van der Waals surface area (Å²) in [7, 11) is 0. The molecule has 2 amide bonds. The van der Waals surface area contributed by atoms with Crippen molar-refractivity contribution in [3.63, 3.8) is 0 Å². The van der Waals surface area contributed by atoms with Crippen LogP contribution in [-0.4, -0.2) is 35.5 Å². The molecule has 0 aliphatic heterocycles. The molecule has 30 heavy (non-hydrogen) atoms. The molecule has 3 aromatic rings. The third-order valence-corrected chi connectivity index (χ3v) is 5.51. The molecule has 2 N–H and O–H groups in total. The van der Waals surface area contributed by atoms with E-state index in [-0.39, 0.29) is 13.0 Å². The molecule has 156 valence electrons. The molecule has 0 fully saturated rings. The molecule has 0 spiro atoms. The lowest BCUT2D eigenvalue weighted by Gasteiger charge is -2.22. The molecule has 2 aromatic heterocycles. The Balaban J connectivity index is 1.73. The van der Waals surface area contributed by atoms with E-state index in [0.29, 0.717) is 11.3 Å². The van der Waals surface area contributed by atoms with E-state index in [9.17, 15) is 14.4 Å². The van der Waals surface area contributed by atoms with Gasteiger partial charge in [-0.1, -0.05) is 18.2 Å². The van der Waals surface area contributed by atoms with Gasteiger partial charge in [0.2, 0.25) is 5.91 Å². The Hall–Kier alpha value is -3.39. The van der Waals surface area contributed by atoms with Gasteiger partial charge in [-0.3, -0.25) is 9.59 Å². The fourth-order valence-corrected chi connectivity index (χ4v) is 4.13. The van der Waals surface area contributed by atoms with Crippen molar-refractivity contribution in [3.8, 4) is 5.00 Å². The van der Waals surface area contributed by atoms with Gasteiger partial charge in [-0.05, 0) is 49.6 Å². The van der Waals surface area contributed by atoms with Crippen molar-refractivity contribution < 1.29 is 19.1 Å². The fourth-order valence-electron chi connectivity index (χ4n) is 3.13. The molecule has 0 aliphatic rings. The predicted octanol–water partition coefficient (Wildman–Crippen LogP) is 3.22. The molecule has 8 heteroatoms. The zero-order valence-electron chi connectivity index (χ0n) is 16.8. The summed E-state index contributed by atoms with van der Waals surface area (Å²) >= 11 is 1.43. The molecule has 0 saturated carbocycles. The normalized spacial score (nSPS) is 10.6. The van der Waals surface area contributed by atoms with Crippen LogP contribution in [0.3, 0.4) is 0 Å². The van der Waals surface area contributed by atoms with Crippen molar-refractivity contribution in [3.05, 3.63) is 70.9 Å². The van der Waals surface area contributed by atoms with Crippen molar-refractivity contribution in [1.29, 1.82) is 0 Å². The monoisotopic (exact) mass is 425 g/mol. The molecular weight excluding hydrogens is 402 g/mol. The third kappa shape index (κ3) is 4.77. The molecule has 0 bridgehead atoms. The van der Waals surface area contributed by atoms with Crippen molar-refractivity contribution in [2.24, 2.45) is 5.73 Å². The Labute approximate surface area is 178 Å². The van der Waals surface area contributed by atoms with Crippen LogP contribution >= 0.6 is 11.3 Å². The molecule has 0 radical (unpaired) electrons. The minimum absolute atomic E-state index is 0.00937. The van der Waals surface area contributed by atoms with Crippen molar-refractivity contribution >= 4 is 34.8 Å². The van der Waals surface area contributed by atoms with E-state index < -0.39 is 24.4 Å². The van der Waals surface area contributed by atoms with E-state index in [1.54, 1.807) is 30.3 Å². The smallest absolute Gasteiger partial charge is 0.341 e. The zero-order chi connectivity index (χ0) is 21.7. The Morgan fingerprint density at radius 3 is 2.33 bits per heavy atom. The number of nitrogens with two attached hydrogens (primary N) is 1. The Morgan fingerprint density at radius 2 is 1.70 bits per heavy atom. The highest BCUT2D eigenvalue weighted by molar-refractivity contribution is 7.13. The number of anilines is 1. The van der Waals surface area contributed by atoms with Crippen LogP contribution in [0.15, 0.2) is 53.9 Å². The molecule has 0 saturated heterocycles. The van der Waals surface area contributed by atoms with Crippen LogP contribution in [0.25, 0.3) is 5.00 Å². The van der Waals surface area contributed by atoms with E-state index in [1.807, 2.05) is 42.0 Å². The van der Waals surface area contributed by atoms with Gasteiger partial charge in [0.05, 0.1) is 5.56 Å². The fraction of sp³-hybridized carbons (Fsp3) is 0.227. The van der Waals surface area contributed by atoms with Crippen LogP contribution in [0.4, 0.5) is 5.69 Å². The lowest BCUT2D eigenvalue weighted by Crippen LogP contribution is -2.37. The highest BCUT2D eigenvalue weighted by Crippen LogP contribution is 2.26. The van der Waals surface area contributed by atoms with E-state index in [4.69, 9.17) is 10.5 Å². The molecule has 3 rings (SSSR count). The van der Waals surface area contributed by atoms with Gasteiger partial charge >= 0.3 is 5.97 Å². The quantitative estimate of drug-likeness (QED) is 0.561. The second kappa shape index (κ2) is 9.41. The lowest BCUT2D eigenvalue weighted by atomic mass is 10.2. The highest BCUT2D eigenvalue weighted by Gasteiger charge is 2.22. The van der Waals surface area contributed by atoms with Gasteiger partial charge in [0.25, 0.3) is 5.91 Å². The number of nitrogens with zero attached hydrogens (tertiary/aromatic N) is 2. The minimum Gasteiger partial charge on any atom is -0.452 e. The first kappa shape index (κ1) is 21.3. The van der Waals surface area contributed by atoms with Crippen LogP contribution in [0, 0.1) is 13.8 Å². The number of para-hydroxylation sites is 1. The van der Waals surface area contributed by atoms with Gasteiger partial charge < -0.3 is 19.9 Å².